The molecule has 0 saturated carbocycles. The summed E-state index contributed by atoms with van der Waals surface area (Å²) >= 11 is 0. The number of rotatable bonds is 5. The van der Waals surface area contributed by atoms with Crippen molar-refractivity contribution < 1.29 is 5.11 Å². The fourth-order valence-corrected chi connectivity index (χ4v) is 3.11. The van der Waals surface area contributed by atoms with Crippen LogP contribution in [-0.2, 0) is 6.42 Å². The molecule has 0 saturated heterocycles. The summed E-state index contributed by atoms with van der Waals surface area (Å²) in [5.74, 6) is -0.397. The second-order valence-electron chi connectivity index (χ2n) is 7.95. The molecule has 3 N–H and O–H groups in total. The van der Waals surface area contributed by atoms with Gasteiger partial charge < -0.3 is 10.1 Å². The number of aromatic nitrogens is 2. The lowest BCUT2D eigenvalue weighted by Gasteiger charge is -2.21. The summed E-state index contributed by atoms with van der Waals surface area (Å²) in [6.07, 6.45) is 6.43. The van der Waals surface area contributed by atoms with E-state index >= 15 is 0 Å². The molecule has 0 unspecified atom stereocenters. The van der Waals surface area contributed by atoms with Crippen molar-refractivity contribution in [1.29, 1.82) is 0 Å². The summed E-state index contributed by atoms with van der Waals surface area (Å²) in [5.41, 5.74) is 3.60. The predicted octanol–water partition coefficient (Wildman–Crippen LogP) is 4.12. The molecule has 150 valence electrons. The number of allylic oxidation sites excluding steroid dienone is 4. The van der Waals surface area contributed by atoms with Crippen molar-refractivity contribution in [3.8, 4) is 5.88 Å². The molecule has 1 aliphatic heterocycles. The van der Waals surface area contributed by atoms with Gasteiger partial charge in [-0.3, -0.25) is 19.6 Å². The first-order chi connectivity index (χ1) is 13.6. The van der Waals surface area contributed by atoms with Crippen LogP contribution in [0.1, 0.15) is 44.5 Å². The molecule has 29 heavy (non-hydrogen) atoms. The van der Waals surface area contributed by atoms with Gasteiger partial charge in [-0.25, -0.2) is 0 Å². The van der Waals surface area contributed by atoms with E-state index in [1.165, 1.54) is 5.57 Å². The molecule has 0 aliphatic carbocycles. The summed E-state index contributed by atoms with van der Waals surface area (Å²) in [4.78, 5) is 32.6. The molecular weight excluding hydrogens is 366 g/mol. The Hall–Kier alpha value is -3.41. The van der Waals surface area contributed by atoms with Crippen LogP contribution in [-0.4, -0.2) is 20.8 Å². The molecule has 3 rings (SSSR count). The minimum Gasteiger partial charge on any atom is -0.493 e. The number of nitrogens with zero attached hydrogens (tertiary/aromatic N) is 1. The standard InChI is InChI=1S/C23H25N3O3/c1-6-23(4,5)19-16(12-18-20(27)26-22(29)21(28)25-18)15-10-9-14(8-7-13(2)3)11-17(15)24-19/h6-7,9-12H,1,8H2,2-5H3,(H,25,28)(H2,26,27,29)/b16-12+. The number of hydrogen-bond acceptors (Lipinski definition) is 4. The van der Waals surface area contributed by atoms with Crippen LogP contribution in [0.15, 0.2) is 57.1 Å². The van der Waals surface area contributed by atoms with Gasteiger partial charge in [-0.15, -0.1) is 6.58 Å². The van der Waals surface area contributed by atoms with Crippen molar-refractivity contribution in [3.05, 3.63) is 80.0 Å². The van der Waals surface area contributed by atoms with Crippen molar-refractivity contribution >= 4 is 23.0 Å². The third-order valence-corrected chi connectivity index (χ3v) is 4.94. The van der Waals surface area contributed by atoms with Crippen LogP contribution in [0.3, 0.4) is 0 Å². The van der Waals surface area contributed by atoms with E-state index in [4.69, 9.17) is 4.99 Å². The van der Waals surface area contributed by atoms with Crippen LogP contribution in [0.5, 0.6) is 5.88 Å². The van der Waals surface area contributed by atoms with E-state index in [1.54, 1.807) is 6.08 Å². The molecule has 0 atom stereocenters. The summed E-state index contributed by atoms with van der Waals surface area (Å²) < 4.78 is 0. The number of aromatic amines is 2. The molecule has 1 aromatic heterocycles. The first-order valence-electron chi connectivity index (χ1n) is 9.39. The Kier molecular flexibility index (Phi) is 5.29. The highest BCUT2D eigenvalue weighted by Gasteiger charge is 2.31. The molecule has 0 radical (unpaired) electrons. The molecule has 1 aliphatic rings. The van der Waals surface area contributed by atoms with E-state index in [0.29, 0.717) is 0 Å². The number of benzene rings is 1. The zero-order valence-corrected chi connectivity index (χ0v) is 17.1. The number of nitrogens with one attached hydrogen (secondary N) is 2. The van der Waals surface area contributed by atoms with Crippen LogP contribution in [0.2, 0.25) is 0 Å². The SMILES string of the molecule is C=CC(C)(C)C1=Nc2cc(CC=C(C)C)ccc2/C1=C\c1[nH]c(=O)c(=O)[nH]c1O. The molecule has 1 aromatic carbocycles. The molecule has 0 bridgehead atoms. The Morgan fingerprint density at radius 1 is 1.21 bits per heavy atom. The van der Waals surface area contributed by atoms with E-state index in [-0.39, 0.29) is 5.69 Å². The highest BCUT2D eigenvalue weighted by Crippen LogP contribution is 2.42. The van der Waals surface area contributed by atoms with Crippen LogP contribution in [0, 0.1) is 5.41 Å². The molecule has 2 heterocycles. The maximum absolute atomic E-state index is 11.7. The second kappa shape index (κ2) is 7.54. The van der Waals surface area contributed by atoms with E-state index in [9.17, 15) is 14.7 Å². The molecule has 6 nitrogen and oxygen atoms in total. The lowest BCUT2D eigenvalue weighted by Crippen LogP contribution is -2.29. The third-order valence-electron chi connectivity index (χ3n) is 4.94. The molecule has 0 fully saturated rings. The van der Waals surface area contributed by atoms with Crippen molar-refractivity contribution in [2.75, 3.05) is 0 Å². The Bertz CT molecular complexity index is 1190. The quantitative estimate of drug-likeness (QED) is 0.528. The van der Waals surface area contributed by atoms with Gasteiger partial charge in [-0.2, -0.15) is 0 Å². The van der Waals surface area contributed by atoms with Gasteiger partial charge in [0.25, 0.3) is 0 Å². The zero-order chi connectivity index (χ0) is 21.3. The number of H-pyrrole nitrogens is 2. The maximum atomic E-state index is 11.7. The van der Waals surface area contributed by atoms with Gasteiger partial charge in [0, 0.05) is 16.6 Å². The lowest BCUT2D eigenvalue weighted by molar-refractivity contribution is 0.446. The first-order valence-corrected chi connectivity index (χ1v) is 9.39. The van der Waals surface area contributed by atoms with E-state index in [1.807, 2.05) is 38.1 Å². The van der Waals surface area contributed by atoms with Crippen LogP contribution in [0.25, 0.3) is 11.6 Å². The van der Waals surface area contributed by atoms with E-state index in [0.717, 1.165) is 34.5 Å². The Morgan fingerprint density at radius 2 is 1.90 bits per heavy atom. The van der Waals surface area contributed by atoms with Crippen LogP contribution < -0.4 is 11.1 Å². The monoisotopic (exact) mass is 391 g/mol. The highest BCUT2D eigenvalue weighted by atomic mass is 16.3. The van der Waals surface area contributed by atoms with Gasteiger partial charge in [0.05, 0.1) is 11.4 Å². The molecular formula is C23H25N3O3. The topological polar surface area (TPSA) is 98.3 Å². The third kappa shape index (κ3) is 4.06. The minimum absolute atomic E-state index is 0.124. The van der Waals surface area contributed by atoms with Crippen molar-refractivity contribution in [2.24, 2.45) is 10.4 Å². The van der Waals surface area contributed by atoms with Crippen molar-refractivity contribution in [3.63, 3.8) is 0 Å². The Morgan fingerprint density at radius 3 is 2.55 bits per heavy atom. The smallest absolute Gasteiger partial charge is 0.316 e. The predicted molar refractivity (Wildman–Crippen MR) is 118 cm³/mol. The van der Waals surface area contributed by atoms with Crippen LogP contribution >= 0.6 is 0 Å². The van der Waals surface area contributed by atoms with Crippen molar-refractivity contribution in [2.45, 2.75) is 34.1 Å². The second-order valence-corrected chi connectivity index (χ2v) is 7.95. The zero-order valence-electron chi connectivity index (χ0n) is 17.1. The summed E-state index contributed by atoms with van der Waals surface area (Å²) in [6, 6.07) is 6.08. The number of aliphatic imine (C=N–C) groups is 1. The average Bonchev–Trinajstić information content (AvgIpc) is 3.03. The largest absolute Gasteiger partial charge is 0.493 e. The molecule has 6 heteroatoms. The maximum Gasteiger partial charge on any atom is 0.316 e. The summed E-state index contributed by atoms with van der Waals surface area (Å²) in [7, 11) is 0. The molecule has 0 amide bonds. The van der Waals surface area contributed by atoms with Gasteiger partial charge in [0.2, 0.25) is 5.88 Å². The fraction of sp³-hybridized carbons (Fsp3) is 0.261. The summed E-state index contributed by atoms with van der Waals surface area (Å²) in [5, 5.41) is 10.1. The Balaban J connectivity index is 2.18. The average molecular weight is 391 g/mol. The normalized spacial score (nSPS) is 14.5. The van der Waals surface area contributed by atoms with Gasteiger partial charge in [0.15, 0.2) is 0 Å². The van der Waals surface area contributed by atoms with Crippen LogP contribution in [0.4, 0.5) is 5.69 Å². The molecule has 0 spiro atoms. The molecule has 2 aromatic rings. The van der Waals surface area contributed by atoms with Gasteiger partial charge in [-0.1, -0.05) is 43.7 Å². The summed E-state index contributed by atoms with van der Waals surface area (Å²) in [6.45, 7) is 12.0. The number of hydrogen-bond donors (Lipinski definition) is 3. The fourth-order valence-electron chi connectivity index (χ4n) is 3.11. The van der Waals surface area contributed by atoms with Gasteiger partial charge >= 0.3 is 11.1 Å². The number of fused-ring (bicyclic) bond motifs is 1. The van der Waals surface area contributed by atoms with E-state index < -0.39 is 22.4 Å². The van der Waals surface area contributed by atoms with Gasteiger partial charge in [0.1, 0.15) is 5.69 Å². The first kappa shape index (κ1) is 20.3. The van der Waals surface area contributed by atoms with E-state index in [2.05, 4.69) is 36.5 Å². The highest BCUT2D eigenvalue weighted by molar-refractivity contribution is 6.34. The Labute approximate surface area is 169 Å². The minimum atomic E-state index is -0.902. The lowest BCUT2D eigenvalue weighted by atomic mass is 9.82. The van der Waals surface area contributed by atoms with Gasteiger partial charge in [-0.05, 0) is 38.0 Å². The number of aromatic hydroxyl groups is 1. The van der Waals surface area contributed by atoms with Crippen molar-refractivity contribution in [1.82, 2.24) is 9.97 Å².